The van der Waals surface area contributed by atoms with Crippen LogP contribution in [0.2, 0.25) is 0 Å². The Morgan fingerprint density at radius 3 is 2.61 bits per heavy atom. The van der Waals surface area contributed by atoms with E-state index in [9.17, 15) is 9.50 Å². The number of phenolic OH excluding ortho intramolecular Hbond substituents is 1. The smallest absolute Gasteiger partial charge is 0.152 e. The van der Waals surface area contributed by atoms with Crippen molar-refractivity contribution >= 4 is 26.9 Å². The molecule has 2 aromatic carbocycles. The van der Waals surface area contributed by atoms with Gasteiger partial charge in [0.05, 0.1) is 16.1 Å². The molecular formula is C14H8BrFO2. The first-order valence-corrected chi connectivity index (χ1v) is 6.11. The van der Waals surface area contributed by atoms with Crippen LogP contribution in [0.3, 0.4) is 0 Å². The van der Waals surface area contributed by atoms with Crippen LogP contribution in [0.4, 0.5) is 4.39 Å². The maximum atomic E-state index is 13.8. The predicted molar refractivity (Wildman–Crippen MR) is 71.0 cm³/mol. The van der Waals surface area contributed by atoms with E-state index in [1.165, 1.54) is 12.3 Å². The number of halogens is 2. The molecule has 0 aliphatic heterocycles. The van der Waals surface area contributed by atoms with Crippen LogP contribution in [0.15, 0.2) is 51.6 Å². The molecule has 0 aliphatic rings. The maximum absolute atomic E-state index is 13.8. The van der Waals surface area contributed by atoms with Gasteiger partial charge in [-0.05, 0) is 34.1 Å². The molecule has 90 valence electrons. The van der Waals surface area contributed by atoms with Gasteiger partial charge in [0, 0.05) is 11.1 Å². The van der Waals surface area contributed by atoms with E-state index < -0.39 is 0 Å². The predicted octanol–water partition coefficient (Wildman–Crippen LogP) is 4.71. The summed E-state index contributed by atoms with van der Waals surface area (Å²) in [4.78, 5) is 0. The number of benzene rings is 2. The molecule has 0 fully saturated rings. The Morgan fingerprint density at radius 2 is 1.83 bits per heavy atom. The van der Waals surface area contributed by atoms with Gasteiger partial charge < -0.3 is 9.52 Å². The standard InChI is InChI=1S/C14H8BrFO2/c15-10-5-6-12(17)13-9(7-18-14(10)13)8-3-1-2-4-11(8)16/h1-7,17H. The molecular weight excluding hydrogens is 299 g/mol. The minimum atomic E-state index is -0.348. The zero-order valence-electron chi connectivity index (χ0n) is 9.15. The van der Waals surface area contributed by atoms with Crippen molar-refractivity contribution in [3.63, 3.8) is 0 Å². The highest BCUT2D eigenvalue weighted by Gasteiger charge is 2.16. The number of hydrogen-bond donors (Lipinski definition) is 1. The first-order valence-electron chi connectivity index (χ1n) is 5.32. The Hall–Kier alpha value is -1.81. The van der Waals surface area contributed by atoms with Crippen molar-refractivity contribution in [3.05, 3.63) is 53.0 Å². The molecule has 18 heavy (non-hydrogen) atoms. The molecule has 3 aromatic rings. The normalized spacial score (nSPS) is 11.0. The van der Waals surface area contributed by atoms with Crippen molar-refractivity contribution in [2.45, 2.75) is 0 Å². The van der Waals surface area contributed by atoms with Crippen molar-refractivity contribution < 1.29 is 13.9 Å². The number of hydrogen-bond acceptors (Lipinski definition) is 2. The molecule has 0 unspecified atom stereocenters. The minimum absolute atomic E-state index is 0.0696. The first kappa shape index (κ1) is 11.3. The van der Waals surface area contributed by atoms with Crippen molar-refractivity contribution in [1.29, 1.82) is 0 Å². The molecule has 0 saturated heterocycles. The van der Waals surface area contributed by atoms with Gasteiger partial charge >= 0.3 is 0 Å². The van der Waals surface area contributed by atoms with Gasteiger partial charge in [-0.1, -0.05) is 18.2 Å². The third kappa shape index (κ3) is 1.61. The molecule has 0 spiro atoms. The van der Waals surface area contributed by atoms with Gasteiger partial charge in [-0.25, -0.2) is 4.39 Å². The van der Waals surface area contributed by atoms with E-state index in [4.69, 9.17) is 4.42 Å². The highest BCUT2D eigenvalue weighted by Crippen LogP contribution is 2.40. The summed E-state index contributed by atoms with van der Waals surface area (Å²) in [5, 5.41) is 10.4. The van der Waals surface area contributed by atoms with Gasteiger partial charge in [0.2, 0.25) is 0 Å². The maximum Gasteiger partial charge on any atom is 0.152 e. The average Bonchev–Trinajstić information content (AvgIpc) is 2.80. The molecule has 0 atom stereocenters. The first-order chi connectivity index (χ1) is 8.68. The molecule has 0 amide bonds. The summed E-state index contributed by atoms with van der Waals surface area (Å²) in [6.07, 6.45) is 1.45. The van der Waals surface area contributed by atoms with Crippen LogP contribution in [0, 0.1) is 5.82 Å². The second kappa shape index (κ2) is 4.14. The summed E-state index contributed by atoms with van der Waals surface area (Å²) in [6, 6.07) is 9.63. The Balaban J connectivity index is 2.38. The van der Waals surface area contributed by atoms with Crippen LogP contribution < -0.4 is 0 Å². The molecule has 1 heterocycles. The fourth-order valence-electron chi connectivity index (χ4n) is 1.98. The van der Waals surface area contributed by atoms with E-state index in [2.05, 4.69) is 15.9 Å². The second-order valence-electron chi connectivity index (χ2n) is 3.90. The van der Waals surface area contributed by atoms with E-state index in [0.29, 0.717) is 22.1 Å². The van der Waals surface area contributed by atoms with Gasteiger partial charge in [0.15, 0.2) is 5.58 Å². The highest BCUT2D eigenvalue weighted by molar-refractivity contribution is 9.10. The molecule has 0 radical (unpaired) electrons. The highest BCUT2D eigenvalue weighted by atomic mass is 79.9. The Kier molecular flexibility index (Phi) is 2.59. The van der Waals surface area contributed by atoms with Crippen LogP contribution >= 0.6 is 15.9 Å². The second-order valence-corrected chi connectivity index (χ2v) is 4.75. The van der Waals surface area contributed by atoms with Gasteiger partial charge in [-0.3, -0.25) is 0 Å². The van der Waals surface area contributed by atoms with Crippen molar-refractivity contribution in [2.24, 2.45) is 0 Å². The Morgan fingerprint density at radius 1 is 1.06 bits per heavy atom. The Labute approximate surface area is 111 Å². The summed E-state index contributed by atoms with van der Waals surface area (Å²) in [5.74, 6) is -0.278. The van der Waals surface area contributed by atoms with E-state index in [1.54, 1.807) is 30.3 Å². The molecule has 4 heteroatoms. The number of furan rings is 1. The average molecular weight is 307 g/mol. The summed E-state index contributed by atoms with van der Waals surface area (Å²) in [7, 11) is 0. The van der Waals surface area contributed by atoms with Gasteiger partial charge in [0.25, 0.3) is 0 Å². The van der Waals surface area contributed by atoms with Crippen LogP contribution in [-0.4, -0.2) is 5.11 Å². The zero-order valence-corrected chi connectivity index (χ0v) is 10.7. The van der Waals surface area contributed by atoms with Crippen LogP contribution in [0.1, 0.15) is 0 Å². The van der Waals surface area contributed by atoms with Gasteiger partial charge in [-0.15, -0.1) is 0 Å². The van der Waals surface area contributed by atoms with E-state index in [1.807, 2.05) is 0 Å². The van der Waals surface area contributed by atoms with Crippen LogP contribution in [-0.2, 0) is 0 Å². The molecule has 1 N–H and O–H groups in total. The molecule has 3 rings (SSSR count). The number of fused-ring (bicyclic) bond motifs is 1. The van der Waals surface area contributed by atoms with Crippen molar-refractivity contribution in [1.82, 2.24) is 0 Å². The summed E-state index contributed by atoms with van der Waals surface area (Å²) >= 11 is 3.34. The lowest BCUT2D eigenvalue weighted by Gasteiger charge is -2.02. The largest absolute Gasteiger partial charge is 0.507 e. The summed E-state index contributed by atoms with van der Waals surface area (Å²) in [5.41, 5.74) is 1.46. The van der Waals surface area contributed by atoms with Gasteiger partial charge in [-0.2, -0.15) is 0 Å². The summed E-state index contributed by atoms with van der Waals surface area (Å²) < 4.78 is 19.9. The van der Waals surface area contributed by atoms with Crippen LogP contribution in [0.25, 0.3) is 22.1 Å². The van der Waals surface area contributed by atoms with Crippen LogP contribution in [0.5, 0.6) is 5.75 Å². The topological polar surface area (TPSA) is 33.4 Å². The lowest BCUT2D eigenvalue weighted by atomic mass is 10.0. The molecule has 0 aliphatic carbocycles. The number of rotatable bonds is 1. The number of aromatic hydroxyl groups is 1. The lowest BCUT2D eigenvalue weighted by Crippen LogP contribution is -1.82. The summed E-state index contributed by atoms with van der Waals surface area (Å²) in [6.45, 7) is 0. The minimum Gasteiger partial charge on any atom is -0.507 e. The quantitative estimate of drug-likeness (QED) is 0.706. The zero-order chi connectivity index (χ0) is 12.7. The molecule has 0 saturated carbocycles. The van der Waals surface area contributed by atoms with Gasteiger partial charge in [0.1, 0.15) is 11.6 Å². The Bertz CT molecular complexity index is 734. The molecule has 1 aromatic heterocycles. The van der Waals surface area contributed by atoms with Crippen molar-refractivity contribution in [2.75, 3.05) is 0 Å². The van der Waals surface area contributed by atoms with E-state index in [-0.39, 0.29) is 11.6 Å². The van der Waals surface area contributed by atoms with E-state index >= 15 is 0 Å². The number of phenols is 1. The SMILES string of the molecule is Oc1ccc(Br)c2occ(-c3ccccc3F)c12. The molecule has 2 nitrogen and oxygen atoms in total. The molecule has 0 bridgehead atoms. The monoisotopic (exact) mass is 306 g/mol. The third-order valence-corrected chi connectivity index (χ3v) is 3.44. The fourth-order valence-corrected chi connectivity index (χ4v) is 2.40. The lowest BCUT2D eigenvalue weighted by molar-refractivity contribution is 0.481. The van der Waals surface area contributed by atoms with E-state index in [0.717, 1.165) is 4.47 Å². The third-order valence-electron chi connectivity index (χ3n) is 2.82. The fraction of sp³-hybridized carbons (Fsp3) is 0. The van der Waals surface area contributed by atoms with Crippen molar-refractivity contribution in [3.8, 4) is 16.9 Å².